The molecule has 1 unspecified atom stereocenters. The summed E-state index contributed by atoms with van der Waals surface area (Å²) in [6, 6.07) is 0. The highest BCUT2D eigenvalue weighted by Crippen LogP contribution is 2.19. The fourth-order valence-electron chi connectivity index (χ4n) is 11.0. The summed E-state index contributed by atoms with van der Waals surface area (Å²) in [4.78, 5) is 38.4. The van der Waals surface area contributed by atoms with Crippen LogP contribution in [0.1, 0.15) is 400 Å². The molecule has 0 aliphatic carbocycles. The van der Waals surface area contributed by atoms with Gasteiger partial charge in [0.1, 0.15) is 13.2 Å². The Kier molecular flexibility index (Phi) is 68.6. The molecule has 0 aromatic heterocycles. The molecule has 0 bridgehead atoms. The van der Waals surface area contributed by atoms with Crippen molar-refractivity contribution in [3.63, 3.8) is 0 Å². The van der Waals surface area contributed by atoms with Crippen LogP contribution < -0.4 is 0 Å². The van der Waals surface area contributed by atoms with E-state index in [1.165, 1.54) is 276 Å². The van der Waals surface area contributed by atoms with Crippen LogP contribution in [0.2, 0.25) is 0 Å². The molecule has 0 aromatic rings. The van der Waals surface area contributed by atoms with Gasteiger partial charge in [-0.25, -0.2) is 0 Å². The number of carbonyl (C=O) groups is 3. The van der Waals surface area contributed by atoms with E-state index in [0.717, 1.165) is 83.5 Å². The number of hydrogen-bond donors (Lipinski definition) is 0. The van der Waals surface area contributed by atoms with E-state index in [1.54, 1.807) is 0 Å². The topological polar surface area (TPSA) is 78.9 Å². The molecule has 82 heavy (non-hydrogen) atoms. The van der Waals surface area contributed by atoms with Crippen LogP contribution in [-0.2, 0) is 28.6 Å². The molecule has 6 nitrogen and oxygen atoms in total. The van der Waals surface area contributed by atoms with Crippen LogP contribution in [-0.4, -0.2) is 37.2 Å². The van der Waals surface area contributed by atoms with E-state index >= 15 is 0 Å². The molecule has 0 amide bonds. The van der Waals surface area contributed by atoms with Crippen LogP contribution in [0.15, 0.2) is 48.6 Å². The third-order valence-corrected chi connectivity index (χ3v) is 16.6. The molecular formula is C76H140O6. The number of allylic oxidation sites excluding steroid dienone is 8. The average molecular weight is 1150 g/mol. The van der Waals surface area contributed by atoms with E-state index in [2.05, 4.69) is 69.4 Å². The van der Waals surface area contributed by atoms with Crippen LogP contribution >= 0.6 is 0 Å². The van der Waals surface area contributed by atoms with E-state index in [-0.39, 0.29) is 31.1 Å². The maximum Gasteiger partial charge on any atom is 0.306 e. The zero-order valence-corrected chi connectivity index (χ0v) is 55.3. The van der Waals surface area contributed by atoms with Gasteiger partial charge in [-0.15, -0.1) is 0 Å². The van der Waals surface area contributed by atoms with Gasteiger partial charge in [-0.2, -0.15) is 0 Å². The standard InChI is InChI=1S/C76H140O6/c1-4-7-10-13-16-19-22-25-28-29-30-31-32-33-34-35-36-37-38-39-40-41-42-43-44-45-46-47-49-51-54-57-60-63-66-69-75(78)81-72-73(71-80-74(77)68-65-62-59-56-53-50-27-24-21-18-15-12-9-6-3)82-76(79)70-67-64-61-58-55-52-48-26-23-20-17-14-11-8-5-2/h15,18,22,24-25,27,29-30,73H,4-14,16-17,19-21,23,26,28,31-72H2,1-3H3/b18-15-,25-22-,27-24-,30-29-. The minimum absolute atomic E-state index is 0.0716. The van der Waals surface area contributed by atoms with Crippen molar-refractivity contribution >= 4 is 17.9 Å². The Labute approximate surface area is 511 Å². The maximum absolute atomic E-state index is 12.9. The van der Waals surface area contributed by atoms with Gasteiger partial charge in [-0.05, 0) is 77.0 Å². The second-order valence-corrected chi connectivity index (χ2v) is 24.9. The first-order valence-electron chi connectivity index (χ1n) is 36.6. The number of ether oxygens (including phenoxy) is 3. The minimum atomic E-state index is -0.776. The molecule has 0 saturated heterocycles. The van der Waals surface area contributed by atoms with Gasteiger partial charge < -0.3 is 14.2 Å². The molecule has 0 aliphatic heterocycles. The van der Waals surface area contributed by atoms with Crippen molar-refractivity contribution in [3.05, 3.63) is 48.6 Å². The Hall–Kier alpha value is -2.63. The summed E-state index contributed by atoms with van der Waals surface area (Å²) in [5.74, 6) is -0.859. The van der Waals surface area contributed by atoms with Gasteiger partial charge in [0.25, 0.3) is 0 Å². The van der Waals surface area contributed by atoms with Crippen molar-refractivity contribution in [1.82, 2.24) is 0 Å². The largest absolute Gasteiger partial charge is 0.462 e. The third kappa shape index (κ3) is 68.2. The van der Waals surface area contributed by atoms with Crippen LogP contribution in [0.25, 0.3) is 0 Å². The van der Waals surface area contributed by atoms with Gasteiger partial charge in [0.05, 0.1) is 0 Å². The Bertz CT molecular complexity index is 1410. The van der Waals surface area contributed by atoms with Gasteiger partial charge in [0, 0.05) is 19.3 Å². The van der Waals surface area contributed by atoms with Crippen molar-refractivity contribution in [2.75, 3.05) is 13.2 Å². The quantitative estimate of drug-likeness (QED) is 0.0261. The smallest absolute Gasteiger partial charge is 0.306 e. The van der Waals surface area contributed by atoms with E-state index in [0.29, 0.717) is 19.3 Å². The maximum atomic E-state index is 12.9. The lowest BCUT2D eigenvalue weighted by molar-refractivity contribution is -0.167. The molecule has 6 heteroatoms. The predicted octanol–water partition coefficient (Wildman–Crippen LogP) is 25.3. The third-order valence-electron chi connectivity index (χ3n) is 16.6. The highest BCUT2D eigenvalue weighted by atomic mass is 16.6. The van der Waals surface area contributed by atoms with Gasteiger partial charge in [0.2, 0.25) is 0 Å². The Morgan fingerprint density at radius 2 is 0.451 bits per heavy atom. The first-order valence-corrected chi connectivity index (χ1v) is 36.6. The van der Waals surface area contributed by atoms with Gasteiger partial charge in [-0.3, -0.25) is 14.4 Å². The monoisotopic (exact) mass is 1150 g/mol. The summed E-state index contributed by atoms with van der Waals surface area (Å²) < 4.78 is 17.0. The van der Waals surface area contributed by atoms with Gasteiger partial charge in [0.15, 0.2) is 6.10 Å². The fraction of sp³-hybridized carbons (Fsp3) is 0.855. The van der Waals surface area contributed by atoms with Crippen molar-refractivity contribution in [1.29, 1.82) is 0 Å². The summed E-state index contributed by atoms with van der Waals surface area (Å²) in [6.45, 7) is 6.64. The normalized spacial score (nSPS) is 12.3. The first-order chi connectivity index (χ1) is 40.5. The molecule has 0 fully saturated rings. The Morgan fingerprint density at radius 1 is 0.244 bits per heavy atom. The Morgan fingerprint density at radius 3 is 0.707 bits per heavy atom. The summed E-state index contributed by atoms with van der Waals surface area (Å²) in [5, 5.41) is 0. The van der Waals surface area contributed by atoms with Crippen LogP contribution in [0.5, 0.6) is 0 Å². The van der Waals surface area contributed by atoms with Crippen LogP contribution in [0.3, 0.4) is 0 Å². The van der Waals surface area contributed by atoms with E-state index in [4.69, 9.17) is 14.2 Å². The lowest BCUT2D eigenvalue weighted by atomic mass is 10.0. The second-order valence-electron chi connectivity index (χ2n) is 24.9. The van der Waals surface area contributed by atoms with Crippen molar-refractivity contribution in [2.24, 2.45) is 0 Å². The minimum Gasteiger partial charge on any atom is -0.462 e. The number of hydrogen-bond acceptors (Lipinski definition) is 6. The zero-order valence-electron chi connectivity index (χ0n) is 55.3. The summed E-state index contributed by atoms with van der Waals surface area (Å²) in [7, 11) is 0. The first kappa shape index (κ1) is 79.4. The summed E-state index contributed by atoms with van der Waals surface area (Å²) in [6.07, 6.45) is 90.2. The summed E-state index contributed by atoms with van der Waals surface area (Å²) in [5.41, 5.74) is 0. The lowest BCUT2D eigenvalue weighted by Gasteiger charge is -2.18. The molecule has 480 valence electrons. The highest BCUT2D eigenvalue weighted by molar-refractivity contribution is 5.71. The predicted molar refractivity (Wildman–Crippen MR) is 358 cm³/mol. The van der Waals surface area contributed by atoms with Crippen molar-refractivity contribution < 1.29 is 28.6 Å². The number of esters is 3. The van der Waals surface area contributed by atoms with Gasteiger partial charge in [-0.1, -0.05) is 352 Å². The lowest BCUT2D eigenvalue weighted by Crippen LogP contribution is -2.30. The summed E-state index contributed by atoms with van der Waals surface area (Å²) >= 11 is 0. The van der Waals surface area contributed by atoms with Crippen molar-refractivity contribution in [2.45, 2.75) is 406 Å². The zero-order chi connectivity index (χ0) is 59.2. The van der Waals surface area contributed by atoms with E-state index in [9.17, 15) is 14.4 Å². The van der Waals surface area contributed by atoms with E-state index < -0.39 is 6.10 Å². The molecule has 0 aliphatic rings. The number of unbranched alkanes of at least 4 members (excludes halogenated alkanes) is 49. The highest BCUT2D eigenvalue weighted by Gasteiger charge is 2.19. The molecule has 0 heterocycles. The van der Waals surface area contributed by atoms with Gasteiger partial charge >= 0.3 is 17.9 Å². The number of rotatable bonds is 68. The SMILES string of the molecule is CCCC/C=C\C/C=C\CCCCCCCC(=O)OCC(COC(=O)CCCCCCCCCCCCCCCCCCCCCCCCC/C=C\C/C=C\CCCCCCC)OC(=O)CCCCCCCCCCCCCCCCC. The van der Waals surface area contributed by atoms with E-state index in [1.807, 2.05) is 0 Å². The fourth-order valence-corrected chi connectivity index (χ4v) is 11.0. The molecule has 0 saturated carbocycles. The van der Waals surface area contributed by atoms with Crippen LogP contribution in [0.4, 0.5) is 0 Å². The molecule has 0 aromatic carbocycles. The molecule has 0 radical (unpaired) electrons. The average Bonchev–Trinajstić information content (AvgIpc) is 3.47. The molecule has 1 atom stereocenters. The molecule has 0 N–H and O–H groups in total. The molecular weight excluding hydrogens is 1010 g/mol. The Balaban J connectivity index is 4.07. The second kappa shape index (κ2) is 70.9. The molecule has 0 spiro atoms. The van der Waals surface area contributed by atoms with Crippen molar-refractivity contribution in [3.8, 4) is 0 Å². The van der Waals surface area contributed by atoms with Crippen LogP contribution in [0, 0.1) is 0 Å². The number of carbonyl (C=O) groups excluding carboxylic acids is 3. The molecule has 0 rings (SSSR count).